The van der Waals surface area contributed by atoms with Gasteiger partial charge in [-0.15, -0.1) is 0 Å². The van der Waals surface area contributed by atoms with Crippen LogP contribution in [-0.4, -0.2) is 11.1 Å². The fraction of sp³-hybridized carbons (Fsp3) is 1.00. The summed E-state index contributed by atoms with van der Waals surface area (Å²) in [7, 11) is 0. The van der Waals surface area contributed by atoms with Crippen LogP contribution in [0.25, 0.3) is 0 Å². The van der Waals surface area contributed by atoms with Crippen molar-refractivity contribution in [3.8, 4) is 0 Å². The minimum Gasteiger partial charge on any atom is -0.307 e. The van der Waals surface area contributed by atoms with Gasteiger partial charge in [-0.05, 0) is 46.0 Å². The lowest BCUT2D eigenvalue weighted by Gasteiger charge is -2.41. The lowest BCUT2D eigenvalue weighted by atomic mass is 9.84. The van der Waals surface area contributed by atoms with Crippen LogP contribution in [0.3, 0.4) is 0 Å². The van der Waals surface area contributed by atoms with Crippen LogP contribution in [-0.2, 0) is 0 Å². The predicted octanol–water partition coefficient (Wildman–Crippen LogP) is 3.84. The van der Waals surface area contributed by atoms with Gasteiger partial charge < -0.3 is 5.32 Å². The first-order valence-electron chi connectivity index (χ1n) is 5.86. The van der Waals surface area contributed by atoms with E-state index >= 15 is 0 Å². The second kappa shape index (κ2) is 4.65. The summed E-state index contributed by atoms with van der Waals surface area (Å²) in [5.74, 6) is 1.41. The maximum Gasteiger partial charge on any atom is 0.0153 e. The van der Waals surface area contributed by atoms with Crippen LogP contribution >= 0.6 is 0 Å². The first kappa shape index (κ1) is 14.0. The lowest BCUT2D eigenvalue weighted by Crippen LogP contribution is -2.55. The monoisotopic (exact) mass is 199 g/mol. The van der Waals surface area contributed by atoms with Crippen molar-refractivity contribution in [3.05, 3.63) is 0 Å². The van der Waals surface area contributed by atoms with Crippen molar-refractivity contribution in [2.24, 2.45) is 11.8 Å². The van der Waals surface area contributed by atoms with Crippen molar-refractivity contribution in [2.75, 3.05) is 0 Å². The molecular weight excluding hydrogens is 170 g/mol. The topological polar surface area (TPSA) is 12.0 Å². The molecule has 0 aromatic carbocycles. The molecule has 86 valence electrons. The third-order valence-corrected chi connectivity index (χ3v) is 3.02. The van der Waals surface area contributed by atoms with Crippen LogP contribution in [0.2, 0.25) is 0 Å². The van der Waals surface area contributed by atoms with E-state index in [9.17, 15) is 0 Å². The molecule has 0 aromatic rings. The highest BCUT2D eigenvalue weighted by Gasteiger charge is 2.30. The van der Waals surface area contributed by atoms with Gasteiger partial charge in [0.05, 0.1) is 0 Å². The molecular formula is C13H29N. The Kier molecular flexibility index (Phi) is 4.64. The van der Waals surface area contributed by atoms with E-state index < -0.39 is 0 Å². The Hall–Kier alpha value is -0.0400. The standard InChI is InChI=1S/C13H29N/c1-10(2)9-12(5,6)14-13(7,8)11(3)4/h10-11,14H,9H2,1-8H3. The minimum atomic E-state index is 0.221. The highest BCUT2D eigenvalue weighted by atomic mass is 15.0. The van der Waals surface area contributed by atoms with Gasteiger partial charge in [-0.3, -0.25) is 0 Å². The molecule has 0 radical (unpaired) electrons. The zero-order chi connectivity index (χ0) is 11.6. The zero-order valence-electron chi connectivity index (χ0n) is 11.4. The van der Waals surface area contributed by atoms with Crippen molar-refractivity contribution in [3.63, 3.8) is 0 Å². The van der Waals surface area contributed by atoms with Crippen LogP contribution in [0.15, 0.2) is 0 Å². The van der Waals surface area contributed by atoms with E-state index in [4.69, 9.17) is 0 Å². The molecule has 0 fully saturated rings. The molecule has 0 aliphatic carbocycles. The third kappa shape index (κ3) is 4.99. The summed E-state index contributed by atoms with van der Waals surface area (Å²) in [6, 6.07) is 0. The molecule has 0 aliphatic rings. The van der Waals surface area contributed by atoms with Crippen molar-refractivity contribution >= 4 is 0 Å². The SMILES string of the molecule is CC(C)CC(C)(C)NC(C)(C)C(C)C. The normalized spacial score (nSPS) is 14.1. The maximum atomic E-state index is 3.76. The molecule has 0 bridgehead atoms. The van der Waals surface area contributed by atoms with E-state index in [1.165, 1.54) is 6.42 Å². The van der Waals surface area contributed by atoms with Gasteiger partial charge in [-0.1, -0.05) is 27.7 Å². The van der Waals surface area contributed by atoms with Crippen LogP contribution in [0.1, 0.15) is 61.8 Å². The first-order valence-corrected chi connectivity index (χ1v) is 5.86. The van der Waals surface area contributed by atoms with E-state index in [-0.39, 0.29) is 11.1 Å². The summed E-state index contributed by atoms with van der Waals surface area (Å²) in [5.41, 5.74) is 0.459. The Morgan fingerprint density at radius 3 is 1.64 bits per heavy atom. The van der Waals surface area contributed by atoms with Gasteiger partial charge >= 0.3 is 0 Å². The number of hydrogen-bond acceptors (Lipinski definition) is 1. The fourth-order valence-corrected chi connectivity index (χ4v) is 2.09. The van der Waals surface area contributed by atoms with Gasteiger partial charge in [0.2, 0.25) is 0 Å². The molecule has 0 saturated heterocycles. The van der Waals surface area contributed by atoms with Crippen LogP contribution in [0.5, 0.6) is 0 Å². The van der Waals surface area contributed by atoms with Gasteiger partial charge in [0, 0.05) is 11.1 Å². The molecule has 0 heterocycles. The van der Waals surface area contributed by atoms with Gasteiger partial charge in [0.25, 0.3) is 0 Å². The molecule has 14 heavy (non-hydrogen) atoms. The second-order valence-electron chi connectivity index (χ2n) is 6.48. The smallest absolute Gasteiger partial charge is 0.0153 e. The molecule has 0 aromatic heterocycles. The van der Waals surface area contributed by atoms with Crippen LogP contribution in [0, 0.1) is 11.8 Å². The molecule has 1 nitrogen and oxygen atoms in total. The predicted molar refractivity (Wildman–Crippen MR) is 65.6 cm³/mol. The molecule has 1 heteroatoms. The first-order chi connectivity index (χ1) is 6.07. The average molecular weight is 199 g/mol. The van der Waals surface area contributed by atoms with Gasteiger partial charge in [0.1, 0.15) is 0 Å². The van der Waals surface area contributed by atoms with Crippen molar-refractivity contribution in [1.82, 2.24) is 5.32 Å². The molecule has 0 rings (SSSR count). The van der Waals surface area contributed by atoms with Crippen molar-refractivity contribution < 1.29 is 0 Å². The summed E-state index contributed by atoms with van der Waals surface area (Å²) in [6.07, 6.45) is 1.23. The van der Waals surface area contributed by atoms with Gasteiger partial charge in [0.15, 0.2) is 0 Å². The molecule has 0 atom stereocenters. The third-order valence-electron chi connectivity index (χ3n) is 3.02. The molecule has 0 unspecified atom stereocenters. The Morgan fingerprint density at radius 2 is 1.36 bits per heavy atom. The summed E-state index contributed by atoms with van der Waals surface area (Å²) in [6.45, 7) is 18.3. The quantitative estimate of drug-likeness (QED) is 0.709. The van der Waals surface area contributed by atoms with Crippen LogP contribution in [0.4, 0.5) is 0 Å². The largest absolute Gasteiger partial charge is 0.307 e. The van der Waals surface area contributed by atoms with E-state index in [2.05, 4.69) is 60.7 Å². The molecule has 1 N–H and O–H groups in total. The van der Waals surface area contributed by atoms with E-state index in [1.54, 1.807) is 0 Å². The highest BCUT2D eigenvalue weighted by Crippen LogP contribution is 2.23. The Morgan fingerprint density at radius 1 is 0.929 bits per heavy atom. The highest BCUT2D eigenvalue weighted by molar-refractivity contribution is 4.90. The lowest BCUT2D eigenvalue weighted by molar-refractivity contribution is 0.187. The van der Waals surface area contributed by atoms with E-state index in [0.717, 1.165) is 5.92 Å². The summed E-state index contributed by atoms with van der Waals surface area (Å²) >= 11 is 0. The second-order valence-corrected chi connectivity index (χ2v) is 6.48. The zero-order valence-corrected chi connectivity index (χ0v) is 11.4. The van der Waals surface area contributed by atoms with Crippen molar-refractivity contribution in [1.29, 1.82) is 0 Å². The van der Waals surface area contributed by atoms with Crippen molar-refractivity contribution in [2.45, 2.75) is 72.9 Å². The number of rotatable bonds is 5. The number of nitrogens with one attached hydrogen (secondary N) is 1. The summed E-state index contributed by atoms with van der Waals surface area (Å²) in [4.78, 5) is 0. The minimum absolute atomic E-state index is 0.221. The molecule has 0 aliphatic heterocycles. The molecule has 0 amide bonds. The molecule has 0 spiro atoms. The van der Waals surface area contributed by atoms with Gasteiger partial charge in [-0.2, -0.15) is 0 Å². The summed E-state index contributed by atoms with van der Waals surface area (Å²) in [5, 5.41) is 3.76. The summed E-state index contributed by atoms with van der Waals surface area (Å²) < 4.78 is 0. The van der Waals surface area contributed by atoms with E-state index in [0.29, 0.717) is 5.92 Å². The Labute approximate surface area is 90.7 Å². The van der Waals surface area contributed by atoms with E-state index in [1.807, 2.05) is 0 Å². The Balaban J connectivity index is 4.34. The number of hydrogen-bond donors (Lipinski definition) is 1. The fourth-order valence-electron chi connectivity index (χ4n) is 2.09. The molecule has 0 saturated carbocycles. The van der Waals surface area contributed by atoms with Crippen LogP contribution < -0.4 is 5.32 Å². The maximum absolute atomic E-state index is 3.76. The average Bonchev–Trinajstić information content (AvgIpc) is 1.79. The Bertz CT molecular complexity index is 166. The van der Waals surface area contributed by atoms with Gasteiger partial charge in [-0.25, -0.2) is 0 Å².